The normalized spacial score (nSPS) is 13.2. The van der Waals surface area contributed by atoms with Crippen molar-refractivity contribution in [1.29, 1.82) is 0 Å². The Morgan fingerprint density at radius 2 is 1.94 bits per heavy atom. The largest absolute Gasteiger partial charge is 0.425 e. The molecule has 0 saturated carbocycles. The van der Waals surface area contributed by atoms with Gasteiger partial charge in [0.15, 0.2) is 0 Å². The lowest BCUT2D eigenvalue weighted by Crippen LogP contribution is -2.25. The average Bonchev–Trinajstić information content (AvgIpc) is 2.65. The summed E-state index contributed by atoms with van der Waals surface area (Å²) in [5.41, 5.74) is 0. The molecule has 0 bridgehead atoms. The zero-order valence-electron chi connectivity index (χ0n) is 11.2. The van der Waals surface area contributed by atoms with Crippen LogP contribution in [0.4, 0.5) is 0 Å². The summed E-state index contributed by atoms with van der Waals surface area (Å²) in [6.45, 7) is 7.92. The lowest BCUT2D eigenvalue weighted by molar-refractivity contribution is 0.156. The minimum Gasteiger partial charge on any atom is -0.425 e. The Labute approximate surface area is 103 Å². The Kier molecular flexibility index (Phi) is 6.15. The van der Waals surface area contributed by atoms with Gasteiger partial charge in [0.25, 0.3) is 0 Å². The first-order valence-electron chi connectivity index (χ1n) is 6.15. The van der Waals surface area contributed by atoms with E-state index in [1.807, 2.05) is 0 Å². The van der Waals surface area contributed by atoms with Gasteiger partial charge in [-0.15, -0.1) is 10.2 Å². The quantitative estimate of drug-likeness (QED) is 0.746. The standard InChI is InChI=1S/C12H23N3O2/c1-9(2)13-6-5-11-14-15-12(17-11)7-10(3)8-16-4/h9-10,13H,5-8H2,1-4H3. The fourth-order valence-electron chi connectivity index (χ4n) is 1.58. The van der Waals surface area contributed by atoms with E-state index < -0.39 is 0 Å². The first-order chi connectivity index (χ1) is 8.11. The van der Waals surface area contributed by atoms with Gasteiger partial charge in [0, 0.05) is 39.1 Å². The molecular weight excluding hydrogens is 218 g/mol. The predicted molar refractivity (Wildman–Crippen MR) is 65.9 cm³/mol. The number of aromatic nitrogens is 2. The molecule has 0 fully saturated rings. The van der Waals surface area contributed by atoms with Crippen molar-refractivity contribution in [2.75, 3.05) is 20.3 Å². The number of nitrogens with zero attached hydrogens (tertiary/aromatic N) is 2. The summed E-state index contributed by atoms with van der Waals surface area (Å²) >= 11 is 0. The van der Waals surface area contributed by atoms with Crippen molar-refractivity contribution in [3.05, 3.63) is 11.8 Å². The Morgan fingerprint density at radius 1 is 1.24 bits per heavy atom. The molecule has 0 amide bonds. The fraction of sp³-hybridized carbons (Fsp3) is 0.833. The molecule has 1 aromatic rings. The van der Waals surface area contributed by atoms with Crippen LogP contribution in [0.25, 0.3) is 0 Å². The second kappa shape index (κ2) is 7.40. The Hall–Kier alpha value is -0.940. The molecule has 5 nitrogen and oxygen atoms in total. The minimum atomic E-state index is 0.405. The highest BCUT2D eigenvalue weighted by Crippen LogP contribution is 2.08. The van der Waals surface area contributed by atoms with Crippen LogP contribution in [0.5, 0.6) is 0 Å². The van der Waals surface area contributed by atoms with Crippen molar-refractivity contribution in [2.45, 2.75) is 39.7 Å². The van der Waals surface area contributed by atoms with Crippen LogP contribution in [-0.2, 0) is 17.6 Å². The van der Waals surface area contributed by atoms with Gasteiger partial charge < -0.3 is 14.5 Å². The lowest BCUT2D eigenvalue weighted by Gasteiger charge is -2.06. The zero-order chi connectivity index (χ0) is 12.7. The highest BCUT2D eigenvalue weighted by Gasteiger charge is 2.10. The predicted octanol–water partition coefficient (Wildman–Crippen LogP) is 1.44. The van der Waals surface area contributed by atoms with Gasteiger partial charge in [-0.25, -0.2) is 0 Å². The Morgan fingerprint density at radius 3 is 2.59 bits per heavy atom. The first-order valence-corrected chi connectivity index (χ1v) is 6.15. The van der Waals surface area contributed by atoms with Crippen LogP contribution >= 0.6 is 0 Å². The number of hydrogen-bond donors (Lipinski definition) is 1. The average molecular weight is 241 g/mol. The third kappa shape index (κ3) is 5.79. The summed E-state index contributed by atoms with van der Waals surface area (Å²) in [5.74, 6) is 1.81. The molecule has 1 heterocycles. The van der Waals surface area contributed by atoms with Crippen molar-refractivity contribution < 1.29 is 9.15 Å². The third-order valence-electron chi connectivity index (χ3n) is 2.37. The molecule has 0 aliphatic heterocycles. The number of nitrogens with one attached hydrogen (secondary N) is 1. The van der Waals surface area contributed by atoms with Gasteiger partial charge in [-0.2, -0.15) is 0 Å². The van der Waals surface area contributed by atoms with E-state index in [9.17, 15) is 0 Å². The minimum absolute atomic E-state index is 0.405. The maximum Gasteiger partial charge on any atom is 0.217 e. The van der Waals surface area contributed by atoms with Crippen molar-refractivity contribution in [2.24, 2.45) is 5.92 Å². The summed E-state index contributed by atoms with van der Waals surface area (Å²) in [6.07, 6.45) is 1.56. The molecule has 1 N–H and O–H groups in total. The van der Waals surface area contributed by atoms with E-state index in [0.29, 0.717) is 30.3 Å². The van der Waals surface area contributed by atoms with E-state index >= 15 is 0 Å². The molecule has 5 heteroatoms. The van der Waals surface area contributed by atoms with E-state index in [1.54, 1.807) is 7.11 Å². The molecule has 1 aromatic heterocycles. The van der Waals surface area contributed by atoms with Gasteiger partial charge in [-0.3, -0.25) is 0 Å². The summed E-state index contributed by atoms with van der Waals surface area (Å²) < 4.78 is 10.6. The van der Waals surface area contributed by atoms with Crippen LogP contribution in [0.1, 0.15) is 32.6 Å². The van der Waals surface area contributed by atoms with Gasteiger partial charge in [0.2, 0.25) is 11.8 Å². The van der Waals surface area contributed by atoms with Gasteiger partial charge in [0.1, 0.15) is 0 Å². The molecule has 0 saturated heterocycles. The summed E-state index contributed by atoms with van der Waals surface area (Å²) in [5, 5.41) is 11.4. The number of rotatable bonds is 8. The molecule has 0 aromatic carbocycles. The maximum absolute atomic E-state index is 5.56. The van der Waals surface area contributed by atoms with Crippen LogP contribution in [0, 0.1) is 5.92 Å². The molecule has 98 valence electrons. The van der Waals surface area contributed by atoms with Crippen LogP contribution in [0.2, 0.25) is 0 Å². The van der Waals surface area contributed by atoms with E-state index in [2.05, 4.69) is 36.3 Å². The maximum atomic E-state index is 5.56. The Bertz CT molecular complexity index is 312. The molecular formula is C12H23N3O2. The fourth-order valence-corrected chi connectivity index (χ4v) is 1.58. The summed E-state index contributed by atoms with van der Waals surface area (Å²) in [6, 6.07) is 0.485. The number of hydrogen-bond acceptors (Lipinski definition) is 5. The summed E-state index contributed by atoms with van der Waals surface area (Å²) in [7, 11) is 1.70. The second-order valence-electron chi connectivity index (χ2n) is 4.71. The smallest absolute Gasteiger partial charge is 0.217 e. The van der Waals surface area contributed by atoms with E-state index in [0.717, 1.165) is 19.4 Å². The lowest BCUT2D eigenvalue weighted by atomic mass is 10.1. The molecule has 0 aliphatic carbocycles. The van der Waals surface area contributed by atoms with E-state index in [-0.39, 0.29) is 0 Å². The van der Waals surface area contributed by atoms with Crippen LogP contribution in [-0.4, -0.2) is 36.5 Å². The van der Waals surface area contributed by atoms with Crippen LogP contribution in [0.15, 0.2) is 4.42 Å². The molecule has 0 spiro atoms. The molecule has 1 atom stereocenters. The number of ether oxygens (including phenoxy) is 1. The zero-order valence-corrected chi connectivity index (χ0v) is 11.2. The number of methoxy groups -OCH3 is 1. The highest BCUT2D eigenvalue weighted by atomic mass is 16.5. The van der Waals surface area contributed by atoms with Crippen molar-refractivity contribution in [3.63, 3.8) is 0 Å². The second-order valence-corrected chi connectivity index (χ2v) is 4.71. The van der Waals surface area contributed by atoms with Gasteiger partial charge in [0.05, 0.1) is 0 Å². The monoisotopic (exact) mass is 241 g/mol. The van der Waals surface area contributed by atoms with Crippen molar-refractivity contribution >= 4 is 0 Å². The first kappa shape index (κ1) is 14.1. The molecule has 17 heavy (non-hydrogen) atoms. The highest BCUT2D eigenvalue weighted by molar-refractivity contribution is 4.84. The molecule has 1 rings (SSSR count). The molecule has 0 aliphatic rings. The topological polar surface area (TPSA) is 60.2 Å². The van der Waals surface area contributed by atoms with Gasteiger partial charge in [-0.1, -0.05) is 20.8 Å². The molecule has 1 unspecified atom stereocenters. The van der Waals surface area contributed by atoms with Crippen molar-refractivity contribution in [3.8, 4) is 0 Å². The Balaban J connectivity index is 2.32. The van der Waals surface area contributed by atoms with E-state index in [1.165, 1.54) is 0 Å². The van der Waals surface area contributed by atoms with Gasteiger partial charge in [-0.05, 0) is 5.92 Å². The van der Waals surface area contributed by atoms with Crippen LogP contribution in [0.3, 0.4) is 0 Å². The summed E-state index contributed by atoms with van der Waals surface area (Å²) in [4.78, 5) is 0. The van der Waals surface area contributed by atoms with Gasteiger partial charge >= 0.3 is 0 Å². The molecule has 0 radical (unpaired) electrons. The van der Waals surface area contributed by atoms with Crippen molar-refractivity contribution in [1.82, 2.24) is 15.5 Å². The SMILES string of the molecule is COCC(C)Cc1nnc(CCNC(C)C)o1. The van der Waals surface area contributed by atoms with E-state index in [4.69, 9.17) is 9.15 Å². The van der Waals surface area contributed by atoms with Crippen LogP contribution < -0.4 is 5.32 Å². The third-order valence-corrected chi connectivity index (χ3v) is 2.37.